The number of nitrogens with one attached hydrogen (secondary N) is 1. The largest absolute Gasteiger partial charge is 0.489 e. The van der Waals surface area contributed by atoms with Crippen molar-refractivity contribution < 1.29 is 4.74 Å². The average Bonchev–Trinajstić information content (AvgIpc) is 2.38. The molecule has 88 valence electrons. The molecule has 4 heteroatoms. The molecule has 0 saturated heterocycles. The molecule has 0 bridgehead atoms. The van der Waals surface area contributed by atoms with Crippen LogP contribution in [0.5, 0.6) is 5.75 Å². The van der Waals surface area contributed by atoms with Crippen molar-refractivity contribution in [3.05, 3.63) is 53.2 Å². The van der Waals surface area contributed by atoms with Crippen LogP contribution in [0, 0.1) is 0 Å². The number of benzene rings is 1. The molecule has 0 saturated carbocycles. The summed E-state index contributed by atoms with van der Waals surface area (Å²) in [6.45, 7) is 0.451. The van der Waals surface area contributed by atoms with Crippen LogP contribution in [0.25, 0.3) is 0 Å². The first-order chi connectivity index (χ1) is 8.29. The predicted molar refractivity (Wildman–Crippen MR) is 69.6 cm³/mol. The molecule has 0 fully saturated rings. The maximum atomic E-state index is 6.04. The molecule has 0 spiro atoms. The van der Waals surface area contributed by atoms with E-state index in [1.165, 1.54) is 0 Å². The molecule has 3 nitrogen and oxygen atoms in total. The molecule has 0 radical (unpaired) electrons. The van der Waals surface area contributed by atoms with Gasteiger partial charge in [0.1, 0.15) is 18.2 Å². The Morgan fingerprint density at radius 2 is 2.12 bits per heavy atom. The van der Waals surface area contributed by atoms with Crippen LogP contribution in [0.2, 0.25) is 5.02 Å². The maximum absolute atomic E-state index is 6.04. The summed E-state index contributed by atoms with van der Waals surface area (Å²) in [5.41, 5.74) is 0.969. The lowest BCUT2D eigenvalue weighted by Gasteiger charge is -2.08. The molecule has 2 aromatic rings. The summed E-state index contributed by atoms with van der Waals surface area (Å²) in [7, 11) is 1.82. The van der Waals surface area contributed by atoms with Gasteiger partial charge in [-0.25, -0.2) is 4.98 Å². The first-order valence-electron chi connectivity index (χ1n) is 5.29. The molecule has 17 heavy (non-hydrogen) atoms. The maximum Gasteiger partial charge on any atom is 0.129 e. The highest BCUT2D eigenvalue weighted by atomic mass is 35.5. The van der Waals surface area contributed by atoms with Crippen LogP contribution in [-0.2, 0) is 6.61 Å². The fourth-order valence-electron chi connectivity index (χ4n) is 1.41. The zero-order valence-electron chi connectivity index (χ0n) is 9.48. The van der Waals surface area contributed by atoms with E-state index in [1.54, 1.807) is 6.20 Å². The van der Waals surface area contributed by atoms with Crippen molar-refractivity contribution in [2.45, 2.75) is 6.61 Å². The van der Waals surface area contributed by atoms with Crippen LogP contribution >= 0.6 is 11.6 Å². The number of hydrogen-bond donors (Lipinski definition) is 1. The number of anilines is 1. The summed E-state index contributed by atoms with van der Waals surface area (Å²) >= 11 is 6.04. The molecule has 0 aliphatic heterocycles. The van der Waals surface area contributed by atoms with Crippen molar-refractivity contribution >= 4 is 17.4 Å². The zero-order valence-corrected chi connectivity index (χ0v) is 10.2. The lowest BCUT2D eigenvalue weighted by molar-refractivity contribution is 0.306. The lowest BCUT2D eigenvalue weighted by atomic mass is 10.2. The monoisotopic (exact) mass is 248 g/mol. The van der Waals surface area contributed by atoms with Gasteiger partial charge in [0.15, 0.2) is 0 Å². The Hall–Kier alpha value is -1.74. The molecule has 0 atom stereocenters. The number of hydrogen-bond acceptors (Lipinski definition) is 3. The van der Waals surface area contributed by atoms with E-state index in [-0.39, 0.29) is 0 Å². The Morgan fingerprint density at radius 3 is 2.88 bits per heavy atom. The first-order valence-corrected chi connectivity index (χ1v) is 5.67. The molecule has 1 N–H and O–H groups in total. The lowest BCUT2D eigenvalue weighted by Crippen LogP contribution is -1.98. The Labute approximate surface area is 105 Å². The average molecular weight is 249 g/mol. The molecule has 2 rings (SSSR count). The number of nitrogens with zero attached hydrogens (tertiary/aromatic N) is 1. The van der Waals surface area contributed by atoms with E-state index in [4.69, 9.17) is 16.3 Å². The van der Waals surface area contributed by atoms with E-state index in [0.717, 1.165) is 22.2 Å². The van der Waals surface area contributed by atoms with Gasteiger partial charge in [-0.3, -0.25) is 0 Å². The highest BCUT2D eigenvalue weighted by Gasteiger charge is 2.01. The third-order valence-electron chi connectivity index (χ3n) is 2.34. The molecular weight excluding hydrogens is 236 g/mol. The Morgan fingerprint density at radius 1 is 1.29 bits per heavy atom. The van der Waals surface area contributed by atoms with Crippen LogP contribution < -0.4 is 10.1 Å². The predicted octanol–water partition coefficient (Wildman–Crippen LogP) is 3.36. The quantitative estimate of drug-likeness (QED) is 0.901. The van der Waals surface area contributed by atoms with E-state index >= 15 is 0 Å². The molecule has 1 aromatic carbocycles. The molecule has 0 unspecified atom stereocenters. The van der Waals surface area contributed by atoms with Crippen LogP contribution in [0.15, 0.2) is 42.6 Å². The number of pyridine rings is 1. The van der Waals surface area contributed by atoms with E-state index in [9.17, 15) is 0 Å². The topological polar surface area (TPSA) is 34.1 Å². The molecular formula is C13H13ClN2O. The highest BCUT2D eigenvalue weighted by Crippen LogP contribution is 2.19. The summed E-state index contributed by atoms with van der Waals surface area (Å²) in [6, 6.07) is 11.3. The standard InChI is InChI=1S/C13H13ClN2O/c1-15-13-8-11(6-7-16-13)17-9-10-4-2-3-5-12(10)14/h2-8H,9H2,1H3,(H,15,16). The summed E-state index contributed by atoms with van der Waals surface area (Å²) in [5.74, 6) is 1.55. The SMILES string of the molecule is CNc1cc(OCc2ccccc2Cl)ccn1. The smallest absolute Gasteiger partial charge is 0.129 e. The van der Waals surface area contributed by atoms with Gasteiger partial charge < -0.3 is 10.1 Å². The van der Waals surface area contributed by atoms with Gasteiger partial charge in [-0.1, -0.05) is 29.8 Å². The second kappa shape index (κ2) is 5.55. The minimum atomic E-state index is 0.451. The number of rotatable bonds is 4. The van der Waals surface area contributed by atoms with E-state index < -0.39 is 0 Å². The number of halogens is 1. The van der Waals surface area contributed by atoms with Crippen molar-refractivity contribution in [1.82, 2.24) is 4.98 Å². The molecule has 0 amide bonds. The van der Waals surface area contributed by atoms with E-state index in [1.807, 2.05) is 43.4 Å². The van der Waals surface area contributed by atoms with Crippen LogP contribution in [0.4, 0.5) is 5.82 Å². The van der Waals surface area contributed by atoms with Crippen molar-refractivity contribution in [2.75, 3.05) is 12.4 Å². The number of aromatic nitrogens is 1. The molecule has 0 aliphatic carbocycles. The van der Waals surface area contributed by atoms with Gasteiger partial charge in [-0.15, -0.1) is 0 Å². The van der Waals surface area contributed by atoms with Gasteiger partial charge in [0.25, 0.3) is 0 Å². The van der Waals surface area contributed by atoms with Crippen LogP contribution in [0.1, 0.15) is 5.56 Å². The van der Waals surface area contributed by atoms with Crippen LogP contribution in [-0.4, -0.2) is 12.0 Å². The van der Waals surface area contributed by atoms with Gasteiger partial charge in [0.2, 0.25) is 0 Å². The Balaban J connectivity index is 2.05. The van der Waals surface area contributed by atoms with E-state index in [0.29, 0.717) is 6.61 Å². The summed E-state index contributed by atoms with van der Waals surface area (Å²) in [6.07, 6.45) is 1.70. The fourth-order valence-corrected chi connectivity index (χ4v) is 1.60. The molecule has 1 heterocycles. The first kappa shape index (κ1) is 11.7. The Kier molecular flexibility index (Phi) is 3.83. The van der Waals surface area contributed by atoms with Crippen molar-refractivity contribution in [3.8, 4) is 5.75 Å². The summed E-state index contributed by atoms with van der Waals surface area (Å²) < 4.78 is 5.65. The van der Waals surface area contributed by atoms with E-state index in [2.05, 4.69) is 10.3 Å². The van der Waals surface area contributed by atoms with Gasteiger partial charge in [0, 0.05) is 29.9 Å². The Bertz CT molecular complexity index is 502. The van der Waals surface area contributed by atoms with Gasteiger partial charge in [-0.2, -0.15) is 0 Å². The second-order valence-electron chi connectivity index (χ2n) is 3.51. The fraction of sp³-hybridized carbons (Fsp3) is 0.154. The minimum absolute atomic E-state index is 0.451. The summed E-state index contributed by atoms with van der Waals surface area (Å²) in [5, 5.41) is 3.68. The van der Waals surface area contributed by atoms with Gasteiger partial charge >= 0.3 is 0 Å². The van der Waals surface area contributed by atoms with Crippen molar-refractivity contribution in [1.29, 1.82) is 0 Å². The molecule has 0 aliphatic rings. The summed E-state index contributed by atoms with van der Waals surface area (Å²) in [4.78, 5) is 4.11. The second-order valence-corrected chi connectivity index (χ2v) is 3.91. The number of ether oxygens (including phenoxy) is 1. The van der Waals surface area contributed by atoms with Gasteiger partial charge in [-0.05, 0) is 12.1 Å². The third-order valence-corrected chi connectivity index (χ3v) is 2.71. The minimum Gasteiger partial charge on any atom is -0.489 e. The zero-order chi connectivity index (χ0) is 12.1. The van der Waals surface area contributed by atoms with Crippen LogP contribution in [0.3, 0.4) is 0 Å². The normalized spacial score (nSPS) is 10.0. The van der Waals surface area contributed by atoms with Crippen molar-refractivity contribution in [2.24, 2.45) is 0 Å². The third kappa shape index (κ3) is 3.11. The molecule has 1 aromatic heterocycles. The van der Waals surface area contributed by atoms with Gasteiger partial charge in [0.05, 0.1) is 0 Å². The highest BCUT2D eigenvalue weighted by molar-refractivity contribution is 6.31. The van der Waals surface area contributed by atoms with Crippen molar-refractivity contribution in [3.63, 3.8) is 0 Å².